The molecule has 0 saturated carbocycles. The summed E-state index contributed by atoms with van der Waals surface area (Å²) in [6.45, 7) is 22.8. The zero-order chi connectivity index (χ0) is 20.9. The van der Waals surface area contributed by atoms with Gasteiger partial charge in [0.15, 0.2) is 11.6 Å². The Morgan fingerprint density at radius 3 is 1.21 bits per heavy atom. The Morgan fingerprint density at radius 2 is 0.929 bits per heavy atom. The van der Waals surface area contributed by atoms with Crippen molar-refractivity contribution in [3.63, 3.8) is 0 Å². The van der Waals surface area contributed by atoms with Crippen LogP contribution in [0, 0.1) is 0 Å². The lowest BCUT2D eigenvalue weighted by atomic mass is 10.0. The highest BCUT2D eigenvalue weighted by Crippen LogP contribution is 2.73. The van der Waals surface area contributed by atoms with E-state index in [0.717, 1.165) is 12.3 Å². The standard InChI is InChI=1S/C22H40O4P2/c1-19(2,3)27-11-13-15(25-21(7,8)23-13)17(27)18-16-14(24-22(9,10)26-16)12-28(18)20(4,5)6/h13-18H,11-12H2,1-10H3/t13-,14?,15+,16+,17-,18-,27+,28-/m1/s1. The molecule has 162 valence electrons. The number of ether oxygens (including phenoxy) is 4. The molecule has 0 amide bonds. The Morgan fingerprint density at radius 1 is 0.607 bits per heavy atom. The molecule has 8 atom stereocenters. The topological polar surface area (TPSA) is 36.9 Å². The van der Waals surface area contributed by atoms with E-state index in [0.29, 0.717) is 11.3 Å². The molecule has 28 heavy (non-hydrogen) atoms. The molecule has 4 saturated heterocycles. The molecule has 4 aliphatic heterocycles. The molecular weight excluding hydrogens is 390 g/mol. The summed E-state index contributed by atoms with van der Waals surface area (Å²) in [7, 11) is -0.466. The van der Waals surface area contributed by atoms with E-state index < -0.39 is 11.6 Å². The van der Waals surface area contributed by atoms with Crippen molar-refractivity contribution in [2.75, 3.05) is 12.3 Å². The summed E-state index contributed by atoms with van der Waals surface area (Å²) in [5, 5.41) is 0.570. The normalized spacial score (nSPS) is 47.4. The monoisotopic (exact) mass is 430 g/mol. The van der Waals surface area contributed by atoms with Gasteiger partial charge in [-0.3, -0.25) is 0 Å². The maximum absolute atomic E-state index is 6.59. The average molecular weight is 431 g/mol. The molecule has 4 aliphatic rings. The summed E-state index contributed by atoms with van der Waals surface area (Å²) >= 11 is 0. The van der Waals surface area contributed by atoms with Gasteiger partial charge in [0.05, 0.1) is 24.4 Å². The van der Waals surface area contributed by atoms with Crippen LogP contribution in [0.4, 0.5) is 0 Å². The van der Waals surface area contributed by atoms with Gasteiger partial charge in [-0.05, 0) is 50.3 Å². The van der Waals surface area contributed by atoms with Gasteiger partial charge in [-0.1, -0.05) is 57.4 Å². The Hall–Kier alpha value is 0.700. The zero-order valence-electron chi connectivity index (χ0n) is 19.4. The maximum atomic E-state index is 6.59. The van der Waals surface area contributed by atoms with E-state index in [4.69, 9.17) is 18.9 Å². The van der Waals surface area contributed by atoms with Crippen molar-refractivity contribution in [3.05, 3.63) is 0 Å². The SMILES string of the molecule is CC1(C)O[C@@H]2[C@H]([C@H]3[C@H]4OC(C)(C)OC4C[P@@]3C(C)(C)C)[P@@](C(C)(C)C)C[C@H]2O1. The first-order valence-electron chi connectivity index (χ1n) is 10.8. The number of hydrogen-bond acceptors (Lipinski definition) is 4. The van der Waals surface area contributed by atoms with Crippen LogP contribution in [-0.4, -0.2) is 69.9 Å². The molecule has 4 heterocycles. The number of fused-ring (bicyclic) bond motifs is 2. The predicted molar refractivity (Wildman–Crippen MR) is 118 cm³/mol. The quantitative estimate of drug-likeness (QED) is 0.526. The lowest BCUT2D eigenvalue weighted by Crippen LogP contribution is -2.45. The maximum Gasteiger partial charge on any atom is 0.163 e. The molecule has 0 bridgehead atoms. The Labute approximate surface area is 174 Å². The molecule has 0 aromatic heterocycles. The van der Waals surface area contributed by atoms with Crippen LogP contribution in [0.1, 0.15) is 69.2 Å². The van der Waals surface area contributed by atoms with Gasteiger partial charge in [-0.15, -0.1) is 0 Å². The lowest BCUT2D eigenvalue weighted by Gasteiger charge is -2.45. The Kier molecular flexibility index (Phi) is 5.17. The minimum atomic E-state index is -0.471. The van der Waals surface area contributed by atoms with E-state index in [1.165, 1.54) is 0 Å². The van der Waals surface area contributed by atoms with Crippen LogP contribution in [-0.2, 0) is 18.9 Å². The van der Waals surface area contributed by atoms with E-state index in [-0.39, 0.29) is 50.6 Å². The summed E-state index contributed by atoms with van der Waals surface area (Å²) in [6.07, 6.45) is 3.17. The van der Waals surface area contributed by atoms with E-state index in [2.05, 4.69) is 69.2 Å². The van der Waals surface area contributed by atoms with Crippen LogP contribution in [0.15, 0.2) is 0 Å². The molecule has 0 aliphatic carbocycles. The van der Waals surface area contributed by atoms with Gasteiger partial charge in [-0.25, -0.2) is 0 Å². The highest BCUT2D eigenvalue weighted by atomic mass is 31.1. The van der Waals surface area contributed by atoms with Gasteiger partial charge in [0.1, 0.15) is 0 Å². The second-order valence-corrected chi connectivity index (χ2v) is 18.4. The van der Waals surface area contributed by atoms with Gasteiger partial charge < -0.3 is 18.9 Å². The molecular formula is C22H40O4P2. The Bertz CT molecular complexity index is 567. The van der Waals surface area contributed by atoms with Crippen molar-refractivity contribution < 1.29 is 18.9 Å². The molecule has 4 fully saturated rings. The van der Waals surface area contributed by atoms with Gasteiger partial charge in [0, 0.05) is 11.3 Å². The summed E-state index contributed by atoms with van der Waals surface area (Å²) in [6, 6.07) is 0. The Balaban J connectivity index is 1.74. The lowest BCUT2D eigenvalue weighted by molar-refractivity contribution is -0.151. The largest absolute Gasteiger partial charge is 0.344 e. The van der Waals surface area contributed by atoms with Crippen molar-refractivity contribution in [2.24, 2.45) is 0 Å². The fourth-order valence-electron chi connectivity index (χ4n) is 5.77. The minimum absolute atomic E-state index is 0.198. The van der Waals surface area contributed by atoms with Crippen molar-refractivity contribution >= 4 is 15.8 Å². The van der Waals surface area contributed by atoms with Crippen molar-refractivity contribution in [2.45, 2.75) is 127 Å². The van der Waals surface area contributed by atoms with Gasteiger partial charge >= 0.3 is 0 Å². The second-order valence-electron chi connectivity index (χ2n) is 11.9. The number of rotatable bonds is 1. The van der Waals surface area contributed by atoms with Gasteiger partial charge in [-0.2, -0.15) is 0 Å². The van der Waals surface area contributed by atoms with Crippen LogP contribution in [0.25, 0.3) is 0 Å². The first-order chi connectivity index (χ1) is 12.6. The predicted octanol–water partition coefficient (Wildman–Crippen LogP) is 5.35. The fraction of sp³-hybridized carbons (Fsp3) is 1.00. The summed E-state index contributed by atoms with van der Waals surface area (Å²) in [5.41, 5.74) is 1.05. The van der Waals surface area contributed by atoms with Crippen LogP contribution >= 0.6 is 15.8 Å². The highest BCUT2D eigenvalue weighted by Gasteiger charge is 2.65. The van der Waals surface area contributed by atoms with Gasteiger partial charge in [0.2, 0.25) is 0 Å². The molecule has 0 spiro atoms. The van der Waals surface area contributed by atoms with E-state index >= 15 is 0 Å². The molecule has 0 aromatic rings. The van der Waals surface area contributed by atoms with Crippen molar-refractivity contribution in [3.8, 4) is 0 Å². The molecule has 4 rings (SSSR count). The molecule has 0 radical (unpaired) electrons. The third kappa shape index (κ3) is 3.74. The van der Waals surface area contributed by atoms with Crippen molar-refractivity contribution in [1.82, 2.24) is 0 Å². The summed E-state index contributed by atoms with van der Waals surface area (Å²) in [5.74, 6) is -0.941. The van der Waals surface area contributed by atoms with E-state index in [1.807, 2.05) is 0 Å². The number of hydrogen-bond donors (Lipinski definition) is 0. The molecule has 0 N–H and O–H groups in total. The first-order valence-corrected chi connectivity index (χ1v) is 14.0. The fourth-order valence-corrected chi connectivity index (χ4v) is 13.7. The first kappa shape index (κ1) is 21.9. The van der Waals surface area contributed by atoms with Crippen LogP contribution in [0.3, 0.4) is 0 Å². The smallest absolute Gasteiger partial charge is 0.163 e. The summed E-state index contributed by atoms with van der Waals surface area (Å²) in [4.78, 5) is 0. The minimum Gasteiger partial charge on any atom is -0.344 e. The third-order valence-electron chi connectivity index (χ3n) is 6.66. The molecule has 0 aromatic carbocycles. The van der Waals surface area contributed by atoms with Crippen LogP contribution in [0.2, 0.25) is 0 Å². The zero-order valence-corrected chi connectivity index (χ0v) is 21.2. The van der Waals surface area contributed by atoms with Crippen LogP contribution in [0.5, 0.6) is 0 Å². The van der Waals surface area contributed by atoms with Gasteiger partial charge in [0.25, 0.3) is 0 Å². The average Bonchev–Trinajstić information content (AvgIpc) is 3.12. The highest BCUT2D eigenvalue weighted by molar-refractivity contribution is 7.65. The van der Waals surface area contributed by atoms with E-state index in [9.17, 15) is 0 Å². The van der Waals surface area contributed by atoms with E-state index in [1.54, 1.807) is 0 Å². The molecule has 4 nitrogen and oxygen atoms in total. The van der Waals surface area contributed by atoms with Crippen LogP contribution < -0.4 is 0 Å². The molecule has 6 heteroatoms. The summed E-state index contributed by atoms with van der Waals surface area (Å²) < 4.78 is 26.0. The van der Waals surface area contributed by atoms with Crippen molar-refractivity contribution in [1.29, 1.82) is 0 Å². The second kappa shape index (κ2) is 6.60. The molecule has 1 unspecified atom stereocenters. The third-order valence-corrected chi connectivity index (χ3v) is 14.5.